The van der Waals surface area contributed by atoms with Gasteiger partial charge in [0.25, 0.3) is 0 Å². The molecule has 0 bridgehead atoms. The molecule has 0 aliphatic carbocycles. The lowest BCUT2D eigenvalue weighted by atomic mass is 10.1. The number of hydrogen-bond acceptors (Lipinski definition) is 4. The van der Waals surface area contributed by atoms with Gasteiger partial charge in [0.2, 0.25) is 0 Å². The summed E-state index contributed by atoms with van der Waals surface area (Å²) in [6.07, 6.45) is 10.6. The number of methoxy groups -OCH3 is 2. The van der Waals surface area contributed by atoms with Crippen LogP contribution in [0.5, 0.6) is 11.5 Å². The van der Waals surface area contributed by atoms with Gasteiger partial charge in [0, 0.05) is 6.08 Å². The van der Waals surface area contributed by atoms with Gasteiger partial charge in [-0.3, -0.25) is 0 Å². The zero-order valence-electron chi connectivity index (χ0n) is 14.6. The third-order valence-corrected chi connectivity index (χ3v) is 4.35. The second-order valence-electron chi connectivity index (χ2n) is 5.43. The van der Waals surface area contributed by atoms with E-state index in [9.17, 15) is 4.79 Å². The Morgan fingerprint density at radius 2 is 1.75 bits per heavy atom. The Morgan fingerprint density at radius 3 is 2.42 bits per heavy atom. The molecule has 134 valence electrons. The van der Waals surface area contributed by atoms with E-state index in [0.717, 1.165) is 17.7 Å². The minimum atomic E-state index is -0.382. The van der Waals surface area contributed by atoms with Crippen molar-refractivity contribution in [3.8, 4) is 11.5 Å². The lowest BCUT2D eigenvalue weighted by Gasteiger charge is -2.11. The third kappa shape index (κ3) is 8.57. The summed E-state index contributed by atoms with van der Waals surface area (Å²) in [6, 6.07) is 5.61. The summed E-state index contributed by atoms with van der Waals surface area (Å²) in [5.41, 5.74) is 0.861. The van der Waals surface area contributed by atoms with Gasteiger partial charge in [0.15, 0.2) is 11.5 Å². The Bertz CT molecular complexity index is 514. The lowest BCUT2D eigenvalue weighted by Crippen LogP contribution is -1.99. The van der Waals surface area contributed by atoms with Gasteiger partial charge in [-0.2, -0.15) is 0 Å². The SMILES string of the molecule is COC(=O)/C=C/c1ccc(OCCCCCCCCI)c(OC)c1. The zero-order chi connectivity index (χ0) is 17.6. The Morgan fingerprint density at radius 1 is 1.04 bits per heavy atom. The molecule has 0 atom stereocenters. The highest BCUT2D eigenvalue weighted by molar-refractivity contribution is 14.1. The van der Waals surface area contributed by atoms with E-state index in [4.69, 9.17) is 9.47 Å². The first-order chi connectivity index (χ1) is 11.7. The maximum atomic E-state index is 11.1. The predicted molar refractivity (Wildman–Crippen MR) is 106 cm³/mol. The van der Waals surface area contributed by atoms with Crippen molar-refractivity contribution in [1.82, 2.24) is 0 Å². The molecule has 0 radical (unpaired) electrons. The van der Waals surface area contributed by atoms with E-state index >= 15 is 0 Å². The molecule has 0 amide bonds. The van der Waals surface area contributed by atoms with Crippen LogP contribution >= 0.6 is 22.6 Å². The van der Waals surface area contributed by atoms with E-state index in [-0.39, 0.29) is 5.97 Å². The fourth-order valence-corrected chi connectivity index (χ4v) is 2.76. The Balaban J connectivity index is 2.40. The number of ether oxygens (including phenoxy) is 3. The van der Waals surface area contributed by atoms with Crippen LogP contribution < -0.4 is 9.47 Å². The molecular formula is C19H27IO4. The number of alkyl halides is 1. The van der Waals surface area contributed by atoms with Crippen LogP contribution in [0, 0.1) is 0 Å². The molecule has 4 nitrogen and oxygen atoms in total. The molecule has 5 heteroatoms. The fourth-order valence-electron chi connectivity index (χ4n) is 2.23. The molecule has 1 aromatic rings. The van der Waals surface area contributed by atoms with Crippen LogP contribution in [0.4, 0.5) is 0 Å². The van der Waals surface area contributed by atoms with Crippen LogP contribution in [-0.4, -0.2) is 31.2 Å². The van der Waals surface area contributed by atoms with Gasteiger partial charge >= 0.3 is 5.97 Å². The molecule has 0 saturated carbocycles. The highest BCUT2D eigenvalue weighted by Gasteiger charge is 2.05. The topological polar surface area (TPSA) is 44.8 Å². The van der Waals surface area contributed by atoms with E-state index in [1.807, 2.05) is 18.2 Å². The standard InChI is InChI=1S/C19H27IO4/c1-22-18-15-16(10-12-19(21)23-2)9-11-17(18)24-14-8-6-4-3-5-7-13-20/h9-12,15H,3-8,13-14H2,1-2H3/b12-10+. The van der Waals surface area contributed by atoms with Gasteiger partial charge in [-0.15, -0.1) is 0 Å². The molecule has 0 unspecified atom stereocenters. The summed E-state index contributed by atoms with van der Waals surface area (Å²) in [6.45, 7) is 0.694. The van der Waals surface area contributed by atoms with E-state index < -0.39 is 0 Å². The smallest absolute Gasteiger partial charge is 0.330 e. The number of rotatable bonds is 12. The number of carbonyl (C=O) groups excluding carboxylic acids is 1. The number of benzene rings is 1. The van der Waals surface area contributed by atoms with E-state index in [1.165, 1.54) is 49.7 Å². The highest BCUT2D eigenvalue weighted by Crippen LogP contribution is 2.28. The molecule has 0 fully saturated rings. The molecule has 0 aliphatic heterocycles. The molecule has 0 aliphatic rings. The molecule has 0 saturated heterocycles. The number of halogens is 1. The minimum absolute atomic E-state index is 0.382. The van der Waals surface area contributed by atoms with Crippen molar-refractivity contribution in [1.29, 1.82) is 0 Å². The quantitative estimate of drug-likeness (QED) is 0.149. The number of unbranched alkanes of at least 4 members (excludes halogenated alkanes) is 5. The molecular weight excluding hydrogens is 419 g/mol. The monoisotopic (exact) mass is 446 g/mol. The van der Waals surface area contributed by atoms with E-state index in [2.05, 4.69) is 27.3 Å². The van der Waals surface area contributed by atoms with Crippen molar-refractivity contribution in [2.75, 3.05) is 25.3 Å². The Kier molecular flexibility index (Phi) is 11.4. The normalized spacial score (nSPS) is 10.8. The molecule has 0 N–H and O–H groups in total. The number of carbonyl (C=O) groups is 1. The molecule has 1 rings (SSSR count). The fraction of sp³-hybridized carbons (Fsp3) is 0.526. The largest absolute Gasteiger partial charge is 0.493 e. The summed E-state index contributed by atoms with van der Waals surface area (Å²) < 4.78 is 17.0. The second kappa shape index (κ2) is 13.1. The third-order valence-electron chi connectivity index (χ3n) is 3.59. The van der Waals surface area contributed by atoms with Crippen molar-refractivity contribution in [3.63, 3.8) is 0 Å². The van der Waals surface area contributed by atoms with Crippen molar-refractivity contribution < 1.29 is 19.0 Å². The van der Waals surface area contributed by atoms with Gasteiger partial charge in [0.05, 0.1) is 20.8 Å². The predicted octanol–water partition coefficient (Wildman–Crippen LogP) is 5.04. The lowest BCUT2D eigenvalue weighted by molar-refractivity contribution is -0.134. The molecule has 0 heterocycles. The first kappa shape index (κ1) is 20.8. The van der Waals surface area contributed by atoms with Gasteiger partial charge in [-0.25, -0.2) is 4.79 Å². The summed E-state index contributed by atoms with van der Waals surface area (Å²) in [5, 5.41) is 0. The maximum absolute atomic E-state index is 11.1. The summed E-state index contributed by atoms with van der Waals surface area (Å²) in [5.74, 6) is 1.02. The van der Waals surface area contributed by atoms with Gasteiger partial charge in [-0.05, 0) is 41.0 Å². The van der Waals surface area contributed by atoms with Crippen LogP contribution in [0.25, 0.3) is 6.08 Å². The van der Waals surface area contributed by atoms with Crippen molar-refractivity contribution in [3.05, 3.63) is 29.8 Å². The minimum Gasteiger partial charge on any atom is -0.493 e. The van der Waals surface area contributed by atoms with Gasteiger partial charge < -0.3 is 14.2 Å². The molecule has 0 aromatic heterocycles. The Labute approximate surface area is 158 Å². The summed E-state index contributed by atoms with van der Waals surface area (Å²) in [7, 11) is 2.97. The van der Waals surface area contributed by atoms with Crippen LogP contribution in [0.2, 0.25) is 0 Å². The van der Waals surface area contributed by atoms with Crippen molar-refractivity contribution in [2.24, 2.45) is 0 Å². The van der Waals surface area contributed by atoms with Crippen molar-refractivity contribution >= 4 is 34.6 Å². The van der Waals surface area contributed by atoms with Crippen LogP contribution in [0.15, 0.2) is 24.3 Å². The van der Waals surface area contributed by atoms with Crippen LogP contribution in [0.3, 0.4) is 0 Å². The molecule has 0 spiro atoms. The van der Waals surface area contributed by atoms with E-state index in [0.29, 0.717) is 12.4 Å². The zero-order valence-corrected chi connectivity index (χ0v) is 16.7. The summed E-state index contributed by atoms with van der Waals surface area (Å²) in [4.78, 5) is 11.1. The van der Waals surface area contributed by atoms with E-state index in [1.54, 1.807) is 13.2 Å². The Hall–Kier alpha value is -1.24. The number of hydrogen-bond donors (Lipinski definition) is 0. The highest BCUT2D eigenvalue weighted by atomic mass is 127. The maximum Gasteiger partial charge on any atom is 0.330 e. The number of esters is 1. The summed E-state index contributed by atoms with van der Waals surface area (Å²) >= 11 is 2.43. The van der Waals surface area contributed by atoms with Gasteiger partial charge in [0.1, 0.15) is 0 Å². The van der Waals surface area contributed by atoms with Gasteiger partial charge in [-0.1, -0.05) is 54.3 Å². The second-order valence-corrected chi connectivity index (χ2v) is 6.50. The van der Waals surface area contributed by atoms with Crippen LogP contribution in [-0.2, 0) is 9.53 Å². The molecule has 24 heavy (non-hydrogen) atoms. The van der Waals surface area contributed by atoms with Crippen LogP contribution in [0.1, 0.15) is 44.1 Å². The first-order valence-corrected chi connectivity index (χ1v) is 9.86. The molecule has 1 aromatic carbocycles. The van der Waals surface area contributed by atoms with Crippen molar-refractivity contribution in [2.45, 2.75) is 38.5 Å². The average molecular weight is 446 g/mol. The average Bonchev–Trinajstić information content (AvgIpc) is 2.62. The first-order valence-electron chi connectivity index (χ1n) is 8.34.